The molecule has 1 atom stereocenters. The minimum absolute atomic E-state index is 0.406. The van der Waals surface area contributed by atoms with Crippen molar-refractivity contribution < 1.29 is 9.90 Å². The molecule has 0 aromatic rings. The Labute approximate surface area is 79.7 Å². The van der Waals surface area contributed by atoms with Crippen molar-refractivity contribution in [2.45, 2.75) is 26.3 Å². The van der Waals surface area contributed by atoms with Crippen LogP contribution in [0.5, 0.6) is 0 Å². The maximum absolute atomic E-state index is 10.7. The molecule has 78 valence electrons. The minimum Gasteiger partial charge on any atom is -0.480 e. The van der Waals surface area contributed by atoms with Crippen LogP contribution in [-0.4, -0.2) is 37.3 Å². The number of carboxylic acids is 1. The molecule has 0 unspecified atom stereocenters. The summed E-state index contributed by atoms with van der Waals surface area (Å²) in [7, 11) is 1.85. The summed E-state index contributed by atoms with van der Waals surface area (Å²) < 4.78 is 0. The fourth-order valence-electron chi connectivity index (χ4n) is 1.11. The Kier molecular flexibility index (Phi) is 6.54. The number of rotatable bonds is 7. The van der Waals surface area contributed by atoms with Gasteiger partial charge in [-0.1, -0.05) is 13.8 Å². The lowest BCUT2D eigenvalue weighted by Gasteiger charge is -2.15. The highest BCUT2D eigenvalue weighted by molar-refractivity contribution is 5.73. The zero-order valence-corrected chi connectivity index (χ0v) is 8.63. The van der Waals surface area contributed by atoms with E-state index >= 15 is 0 Å². The molecule has 0 amide bonds. The number of aliphatic carboxylic acids is 1. The third-order valence-electron chi connectivity index (χ3n) is 1.77. The highest BCUT2D eigenvalue weighted by Gasteiger charge is 2.17. The number of hydrogen-bond acceptors (Lipinski definition) is 3. The van der Waals surface area contributed by atoms with Gasteiger partial charge in [0.1, 0.15) is 6.04 Å². The number of hydrogen-bond donors (Lipinski definition) is 3. The zero-order valence-electron chi connectivity index (χ0n) is 8.63. The molecule has 0 saturated heterocycles. The Balaban J connectivity index is 3.74. The molecule has 0 spiro atoms. The molecular weight excluding hydrogens is 168 g/mol. The summed E-state index contributed by atoms with van der Waals surface area (Å²) in [5, 5.41) is 14.8. The molecule has 3 N–H and O–H groups in total. The SMILES string of the molecule is CNCCN[C@@H](CC(C)C)C(=O)O. The maximum atomic E-state index is 10.7. The van der Waals surface area contributed by atoms with E-state index in [0.29, 0.717) is 18.9 Å². The molecule has 0 saturated carbocycles. The van der Waals surface area contributed by atoms with Gasteiger partial charge >= 0.3 is 5.97 Å². The van der Waals surface area contributed by atoms with Crippen LogP contribution in [0.3, 0.4) is 0 Å². The fraction of sp³-hybridized carbons (Fsp3) is 0.889. The van der Waals surface area contributed by atoms with E-state index in [0.717, 1.165) is 6.54 Å². The smallest absolute Gasteiger partial charge is 0.320 e. The van der Waals surface area contributed by atoms with Gasteiger partial charge in [-0.3, -0.25) is 4.79 Å². The fourth-order valence-corrected chi connectivity index (χ4v) is 1.11. The normalized spacial score (nSPS) is 13.2. The van der Waals surface area contributed by atoms with E-state index in [9.17, 15) is 4.79 Å². The first kappa shape index (κ1) is 12.4. The first-order valence-corrected chi connectivity index (χ1v) is 4.68. The molecule has 0 bridgehead atoms. The van der Waals surface area contributed by atoms with Gasteiger partial charge in [-0.25, -0.2) is 0 Å². The van der Waals surface area contributed by atoms with Gasteiger partial charge in [0.25, 0.3) is 0 Å². The molecule has 0 aliphatic heterocycles. The van der Waals surface area contributed by atoms with E-state index in [1.54, 1.807) is 0 Å². The van der Waals surface area contributed by atoms with Crippen LogP contribution >= 0.6 is 0 Å². The average molecular weight is 188 g/mol. The molecule has 0 aliphatic carbocycles. The lowest BCUT2D eigenvalue weighted by molar-refractivity contribution is -0.139. The molecule has 0 aliphatic rings. The van der Waals surface area contributed by atoms with E-state index in [2.05, 4.69) is 10.6 Å². The van der Waals surface area contributed by atoms with Crippen molar-refractivity contribution in [3.05, 3.63) is 0 Å². The zero-order chi connectivity index (χ0) is 10.3. The van der Waals surface area contributed by atoms with Crippen molar-refractivity contribution in [2.24, 2.45) is 5.92 Å². The molecule has 4 heteroatoms. The second-order valence-corrected chi connectivity index (χ2v) is 3.58. The van der Waals surface area contributed by atoms with Gasteiger partial charge in [0.15, 0.2) is 0 Å². The summed E-state index contributed by atoms with van der Waals surface area (Å²) in [5.74, 6) is -0.354. The van der Waals surface area contributed by atoms with E-state index in [1.807, 2.05) is 20.9 Å². The Hall–Kier alpha value is -0.610. The van der Waals surface area contributed by atoms with E-state index in [4.69, 9.17) is 5.11 Å². The van der Waals surface area contributed by atoms with Crippen molar-refractivity contribution in [1.82, 2.24) is 10.6 Å². The quantitative estimate of drug-likeness (QED) is 0.503. The predicted octanol–water partition coefficient (Wildman–Crippen LogP) is 0.295. The van der Waals surface area contributed by atoms with Gasteiger partial charge in [0, 0.05) is 13.1 Å². The van der Waals surface area contributed by atoms with Crippen molar-refractivity contribution in [2.75, 3.05) is 20.1 Å². The van der Waals surface area contributed by atoms with Gasteiger partial charge in [0.2, 0.25) is 0 Å². The minimum atomic E-state index is -0.759. The first-order valence-electron chi connectivity index (χ1n) is 4.68. The standard InChI is InChI=1S/C9H20N2O2/c1-7(2)6-8(9(12)13)11-5-4-10-3/h7-8,10-11H,4-6H2,1-3H3,(H,12,13)/t8-/m0/s1. The molecule has 0 radical (unpaired) electrons. The Morgan fingerprint density at radius 2 is 2.00 bits per heavy atom. The Morgan fingerprint density at radius 1 is 1.38 bits per heavy atom. The molecule has 0 fully saturated rings. The van der Waals surface area contributed by atoms with Crippen LogP contribution in [-0.2, 0) is 4.79 Å². The van der Waals surface area contributed by atoms with Crippen molar-refractivity contribution in [3.63, 3.8) is 0 Å². The van der Waals surface area contributed by atoms with Crippen LogP contribution in [0.25, 0.3) is 0 Å². The van der Waals surface area contributed by atoms with Crippen molar-refractivity contribution >= 4 is 5.97 Å². The van der Waals surface area contributed by atoms with Crippen LogP contribution in [0.2, 0.25) is 0 Å². The van der Waals surface area contributed by atoms with Crippen LogP contribution < -0.4 is 10.6 Å². The van der Waals surface area contributed by atoms with Gasteiger partial charge in [-0.2, -0.15) is 0 Å². The summed E-state index contributed by atoms with van der Waals surface area (Å²) in [4.78, 5) is 10.7. The van der Waals surface area contributed by atoms with Gasteiger partial charge in [-0.05, 0) is 19.4 Å². The van der Waals surface area contributed by atoms with Crippen LogP contribution in [0.15, 0.2) is 0 Å². The summed E-state index contributed by atoms with van der Waals surface area (Å²) >= 11 is 0. The van der Waals surface area contributed by atoms with E-state index in [1.165, 1.54) is 0 Å². The molecule has 0 rings (SSSR count). The molecule has 0 heterocycles. The number of nitrogens with one attached hydrogen (secondary N) is 2. The van der Waals surface area contributed by atoms with Crippen molar-refractivity contribution in [1.29, 1.82) is 0 Å². The highest BCUT2D eigenvalue weighted by atomic mass is 16.4. The van der Waals surface area contributed by atoms with Crippen LogP contribution in [0.1, 0.15) is 20.3 Å². The lowest BCUT2D eigenvalue weighted by atomic mass is 10.0. The molecular formula is C9H20N2O2. The average Bonchev–Trinajstić information content (AvgIpc) is 2.02. The molecule has 0 aromatic carbocycles. The highest BCUT2D eigenvalue weighted by Crippen LogP contribution is 2.04. The van der Waals surface area contributed by atoms with Gasteiger partial charge in [0.05, 0.1) is 0 Å². The predicted molar refractivity (Wildman–Crippen MR) is 52.8 cm³/mol. The van der Waals surface area contributed by atoms with Crippen molar-refractivity contribution in [3.8, 4) is 0 Å². The molecule has 4 nitrogen and oxygen atoms in total. The number of likely N-dealkylation sites (N-methyl/N-ethyl adjacent to an activating group) is 1. The summed E-state index contributed by atoms with van der Waals surface area (Å²) in [6.07, 6.45) is 0.680. The molecule has 0 aromatic heterocycles. The third-order valence-corrected chi connectivity index (χ3v) is 1.77. The molecule has 13 heavy (non-hydrogen) atoms. The topological polar surface area (TPSA) is 61.4 Å². The largest absolute Gasteiger partial charge is 0.480 e. The lowest BCUT2D eigenvalue weighted by Crippen LogP contribution is -2.40. The second kappa shape index (κ2) is 6.86. The van der Waals surface area contributed by atoms with Gasteiger partial charge < -0.3 is 15.7 Å². The summed E-state index contributed by atoms with van der Waals surface area (Å²) in [6, 6.07) is -0.409. The van der Waals surface area contributed by atoms with Crippen LogP contribution in [0.4, 0.5) is 0 Å². The Morgan fingerprint density at radius 3 is 2.38 bits per heavy atom. The summed E-state index contributed by atoms with van der Waals surface area (Å²) in [5.41, 5.74) is 0. The third kappa shape index (κ3) is 6.54. The van der Waals surface area contributed by atoms with E-state index < -0.39 is 12.0 Å². The van der Waals surface area contributed by atoms with Gasteiger partial charge in [-0.15, -0.1) is 0 Å². The van der Waals surface area contributed by atoms with Crippen LogP contribution in [0, 0.1) is 5.92 Å². The number of carbonyl (C=O) groups is 1. The second-order valence-electron chi connectivity index (χ2n) is 3.58. The number of carboxylic acid groups (broad SMARTS) is 1. The van der Waals surface area contributed by atoms with E-state index in [-0.39, 0.29) is 0 Å². The first-order chi connectivity index (χ1) is 6.07. The maximum Gasteiger partial charge on any atom is 0.320 e. The Bertz CT molecular complexity index is 149. The summed E-state index contributed by atoms with van der Waals surface area (Å²) in [6.45, 7) is 5.54. The monoisotopic (exact) mass is 188 g/mol.